The highest BCUT2D eigenvalue weighted by Gasteiger charge is 2.22. The fourth-order valence-electron chi connectivity index (χ4n) is 1.69. The highest BCUT2D eigenvalue weighted by Crippen LogP contribution is 2.20. The van der Waals surface area contributed by atoms with E-state index in [1.807, 2.05) is 0 Å². The van der Waals surface area contributed by atoms with Crippen molar-refractivity contribution in [2.45, 2.75) is 24.3 Å². The van der Waals surface area contributed by atoms with Crippen LogP contribution in [0.3, 0.4) is 0 Å². The number of hydrogen-bond donors (Lipinski definition) is 3. The summed E-state index contributed by atoms with van der Waals surface area (Å²) in [6, 6.07) is 2.89. The van der Waals surface area contributed by atoms with Crippen molar-refractivity contribution >= 4 is 21.1 Å². The minimum atomic E-state index is -3.65. The normalized spacial score (nSPS) is 13.9. The first-order valence-corrected chi connectivity index (χ1v) is 7.12. The Morgan fingerprint density at radius 2 is 2.33 bits per heavy atom. The number of aliphatic hydroxyl groups is 1. The van der Waals surface area contributed by atoms with Gasteiger partial charge in [-0.2, -0.15) is 0 Å². The van der Waals surface area contributed by atoms with E-state index in [1.165, 1.54) is 6.20 Å². The number of pyridine rings is 1. The number of sulfonamides is 1. The molecule has 2 aromatic rings. The monoisotopic (exact) mass is 269 g/mol. The summed E-state index contributed by atoms with van der Waals surface area (Å²) >= 11 is 0. The number of aromatic nitrogens is 2. The highest BCUT2D eigenvalue weighted by atomic mass is 32.2. The van der Waals surface area contributed by atoms with Crippen LogP contribution in [0.2, 0.25) is 0 Å². The predicted molar refractivity (Wildman–Crippen MR) is 67.6 cm³/mol. The van der Waals surface area contributed by atoms with Gasteiger partial charge in [0.15, 0.2) is 0 Å². The van der Waals surface area contributed by atoms with Crippen LogP contribution in [0.5, 0.6) is 0 Å². The van der Waals surface area contributed by atoms with Crippen LogP contribution < -0.4 is 4.72 Å². The molecule has 0 aliphatic heterocycles. The van der Waals surface area contributed by atoms with E-state index in [9.17, 15) is 8.42 Å². The molecule has 0 amide bonds. The Morgan fingerprint density at radius 3 is 3.00 bits per heavy atom. The molecule has 0 saturated carbocycles. The summed E-state index contributed by atoms with van der Waals surface area (Å²) in [4.78, 5) is 7.00. The quantitative estimate of drug-likeness (QED) is 0.741. The average molecular weight is 269 g/mol. The predicted octanol–water partition coefficient (Wildman–Crippen LogP) is 0.612. The molecular weight excluding hydrogens is 254 g/mol. The first kappa shape index (κ1) is 13.0. The van der Waals surface area contributed by atoms with Crippen LogP contribution >= 0.6 is 0 Å². The largest absolute Gasteiger partial charge is 0.395 e. The minimum Gasteiger partial charge on any atom is -0.395 e. The maximum Gasteiger partial charge on any atom is 0.243 e. The second kappa shape index (κ2) is 5.05. The summed E-state index contributed by atoms with van der Waals surface area (Å²) in [6.45, 7) is 1.58. The molecule has 6 nitrogen and oxygen atoms in total. The number of rotatable bonds is 5. The Labute approximate surface area is 105 Å². The Balaban J connectivity index is 2.41. The lowest BCUT2D eigenvalue weighted by Gasteiger charge is -2.13. The Morgan fingerprint density at radius 1 is 1.56 bits per heavy atom. The molecule has 0 radical (unpaired) electrons. The lowest BCUT2D eigenvalue weighted by atomic mass is 10.3. The number of aliphatic hydroxyl groups excluding tert-OH is 1. The SMILES string of the molecule is CC[C@H](CO)NS(=O)(=O)c1c[nH]c2ncccc12. The molecule has 18 heavy (non-hydrogen) atoms. The Bertz CT molecular complexity index is 632. The van der Waals surface area contributed by atoms with Crippen molar-refractivity contribution in [3.8, 4) is 0 Å². The lowest BCUT2D eigenvalue weighted by molar-refractivity contribution is 0.254. The third-order valence-corrected chi connectivity index (χ3v) is 4.30. The van der Waals surface area contributed by atoms with Crippen LogP contribution in [-0.2, 0) is 10.0 Å². The van der Waals surface area contributed by atoms with Crippen molar-refractivity contribution in [3.05, 3.63) is 24.5 Å². The second-order valence-electron chi connectivity index (χ2n) is 3.96. The number of fused-ring (bicyclic) bond motifs is 1. The number of hydrogen-bond acceptors (Lipinski definition) is 4. The van der Waals surface area contributed by atoms with Crippen LogP contribution in [0, 0.1) is 0 Å². The molecule has 0 aliphatic rings. The zero-order chi connectivity index (χ0) is 13.2. The topological polar surface area (TPSA) is 95.1 Å². The standard InChI is InChI=1S/C11H15N3O3S/c1-2-8(7-15)14-18(16,17)10-6-13-11-9(10)4-3-5-12-11/h3-6,8,14-15H,2,7H2,1H3,(H,12,13)/t8-/m1/s1. The summed E-state index contributed by atoms with van der Waals surface area (Å²) in [5.41, 5.74) is 0.523. The van der Waals surface area contributed by atoms with E-state index in [2.05, 4.69) is 14.7 Å². The van der Waals surface area contributed by atoms with Gasteiger partial charge in [0.2, 0.25) is 10.0 Å². The van der Waals surface area contributed by atoms with Crippen molar-refractivity contribution in [1.82, 2.24) is 14.7 Å². The second-order valence-corrected chi connectivity index (χ2v) is 5.64. The summed E-state index contributed by atoms with van der Waals surface area (Å²) in [6.07, 6.45) is 3.52. The number of H-pyrrole nitrogens is 1. The maximum absolute atomic E-state index is 12.2. The molecule has 0 aliphatic carbocycles. The maximum atomic E-state index is 12.2. The molecule has 0 unspecified atom stereocenters. The third kappa shape index (κ3) is 2.38. The summed E-state index contributed by atoms with van der Waals surface area (Å²) in [7, 11) is -3.65. The molecule has 0 aromatic carbocycles. The van der Waals surface area contributed by atoms with E-state index in [1.54, 1.807) is 25.3 Å². The van der Waals surface area contributed by atoms with Gasteiger partial charge in [-0.1, -0.05) is 6.92 Å². The zero-order valence-corrected chi connectivity index (χ0v) is 10.7. The molecule has 1 atom stereocenters. The summed E-state index contributed by atoms with van der Waals surface area (Å²) in [5, 5.41) is 9.59. The Kier molecular flexibility index (Phi) is 3.65. The Hall–Kier alpha value is -1.44. The average Bonchev–Trinajstić information content (AvgIpc) is 2.80. The van der Waals surface area contributed by atoms with Crippen LogP contribution in [0.4, 0.5) is 0 Å². The fraction of sp³-hybridized carbons (Fsp3) is 0.364. The van der Waals surface area contributed by atoms with Crippen LogP contribution in [0.1, 0.15) is 13.3 Å². The molecule has 98 valence electrons. The molecule has 0 spiro atoms. The summed E-state index contributed by atoms with van der Waals surface area (Å²) in [5.74, 6) is 0. The molecule has 7 heteroatoms. The molecule has 2 heterocycles. The van der Waals surface area contributed by atoms with E-state index in [-0.39, 0.29) is 11.5 Å². The van der Waals surface area contributed by atoms with Gasteiger partial charge in [-0.25, -0.2) is 18.1 Å². The van der Waals surface area contributed by atoms with E-state index in [4.69, 9.17) is 5.11 Å². The van der Waals surface area contributed by atoms with Gasteiger partial charge in [0.05, 0.1) is 6.61 Å². The van der Waals surface area contributed by atoms with Crippen molar-refractivity contribution in [2.24, 2.45) is 0 Å². The van der Waals surface area contributed by atoms with Crippen molar-refractivity contribution < 1.29 is 13.5 Å². The van der Waals surface area contributed by atoms with E-state index < -0.39 is 16.1 Å². The van der Waals surface area contributed by atoms with Crippen molar-refractivity contribution in [1.29, 1.82) is 0 Å². The van der Waals surface area contributed by atoms with Gasteiger partial charge in [0.1, 0.15) is 10.5 Å². The summed E-state index contributed by atoms with van der Waals surface area (Å²) < 4.78 is 26.8. The fourth-order valence-corrected chi connectivity index (χ4v) is 3.16. The molecule has 2 rings (SSSR count). The first-order chi connectivity index (χ1) is 8.58. The number of aromatic amines is 1. The van der Waals surface area contributed by atoms with Gasteiger partial charge in [0.25, 0.3) is 0 Å². The van der Waals surface area contributed by atoms with Gasteiger partial charge >= 0.3 is 0 Å². The number of nitrogens with one attached hydrogen (secondary N) is 2. The van der Waals surface area contributed by atoms with Crippen LogP contribution in [0.15, 0.2) is 29.4 Å². The van der Waals surface area contributed by atoms with Crippen molar-refractivity contribution in [3.63, 3.8) is 0 Å². The van der Waals surface area contributed by atoms with Gasteiger partial charge in [-0.3, -0.25) is 0 Å². The smallest absolute Gasteiger partial charge is 0.243 e. The molecule has 0 bridgehead atoms. The molecule has 2 aromatic heterocycles. The molecule has 0 fully saturated rings. The van der Waals surface area contributed by atoms with Crippen LogP contribution in [0.25, 0.3) is 11.0 Å². The van der Waals surface area contributed by atoms with E-state index in [0.717, 1.165) is 0 Å². The molecule has 0 saturated heterocycles. The first-order valence-electron chi connectivity index (χ1n) is 5.63. The molecular formula is C11H15N3O3S. The van der Waals surface area contributed by atoms with E-state index >= 15 is 0 Å². The highest BCUT2D eigenvalue weighted by molar-refractivity contribution is 7.89. The number of nitrogens with zero attached hydrogens (tertiary/aromatic N) is 1. The molecule has 3 N–H and O–H groups in total. The van der Waals surface area contributed by atoms with Gasteiger partial charge in [0, 0.05) is 23.8 Å². The van der Waals surface area contributed by atoms with E-state index in [0.29, 0.717) is 17.5 Å². The van der Waals surface area contributed by atoms with Crippen molar-refractivity contribution in [2.75, 3.05) is 6.61 Å². The van der Waals surface area contributed by atoms with Crippen LogP contribution in [-0.4, -0.2) is 36.1 Å². The zero-order valence-electron chi connectivity index (χ0n) is 9.92. The minimum absolute atomic E-state index is 0.150. The van der Waals surface area contributed by atoms with Gasteiger partial charge in [-0.05, 0) is 18.6 Å². The third-order valence-electron chi connectivity index (χ3n) is 2.74. The van der Waals surface area contributed by atoms with Gasteiger partial charge < -0.3 is 10.1 Å². The lowest BCUT2D eigenvalue weighted by Crippen LogP contribution is -2.36. The van der Waals surface area contributed by atoms with Gasteiger partial charge in [-0.15, -0.1) is 0 Å².